The molecule has 1 fully saturated rings. The lowest BCUT2D eigenvalue weighted by atomic mass is 9.99. The Kier molecular flexibility index (Phi) is 5.76. The molecule has 3 unspecified atom stereocenters. The van der Waals surface area contributed by atoms with E-state index < -0.39 is 0 Å². The van der Waals surface area contributed by atoms with Crippen molar-refractivity contribution in [3.63, 3.8) is 0 Å². The summed E-state index contributed by atoms with van der Waals surface area (Å²) in [6.45, 7) is 7.76. The van der Waals surface area contributed by atoms with Crippen LogP contribution in [0.5, 0.6) is 0 Å². The van der Waals surface area contributed by atoms with E-state index in [1.165, 1.54) is 5.56 Å². The number of benzene rings is 1. The number of hydrogen-bond donors (Lipinski definition) is 2. The van der Waals surface area contributed by atoms with E-state index >= 15 is 0 Å². The molecule has 1 aliphatic rings. The van der Waals surface area contributed by atoms with E-state index in [2.05, 4.69) is 17.6 Å². The SMILES string of the molecule is CCC1OCCC1CNC(C)C(=O)Nc1ccc(C)cc1. The van der Waals surface area contributed by atoms with Crippen molar-refractivity contribution in [2.24, 2.45) is 5.92 Å². The molecule has 1 saturated heterocycles. The highest BCUT2D eigenvalue weighted by molar-refractivity contribution is 5.94. The topological polar surface area (TPSA) is 50.4 Å². The van der Waals surface area contributed by atoms with Gasteiger partial charge in [0, 0.05) is 18.8 Å². The van der Waals surface area contributed by atoms with Crippen molar-refractivity contribution in [1.82, 2.24) is 5.32 Å². The van der Waals surface area contributed by atoms with Crippen molar-refractivity contribution in [1.29, 1.82) is 0 Å². The Bertz CT molecular complexity index is 458. The minimum Gasteiger partial charge on any atom is -0.378 e. The van der Waals surface area contributed by atoms with Gasteiger partial charge in [-0.15, -0.1) is 0 Å². The summed E-state index contributed by atoms with van der Waals surface area (Å²) in [5.74, 6) is 0.524. The zero-order chi connectivity index (χ0) is 15.2. The first-order valence-corrected chi connectivity index (χ1v) is 7.82. The Labute approximate surface area is 127 Å². The van der Waals surface area contributed by atoms with Gasteiger partial charge in [-0.05, 0) is 44.7 Å². The minimum atomic E-state index is -0.204. The number of nitrogens with one attached hydrogen (secondary N) is 2. The summed E-state index contributed by atoms with van der Waals surface area (Å²) in [6.07, 6.45) is 2.46. The number of aryl methyl sites for hydroxylation is 1. The molecule has 3 atom stereocenters. The summed E-state index contributed by atoms with van der Waals surface area (Å²) in [5.41, 5.74) is 2.03. The second-order valence-electron chi connectivity index (χ2n) is 5.85. The second-order valence-corrected chi connectivity index (χ2v) is 5.85. The fourth-order valence-corrected chi connectivity index (χ4v) is 2.69. The normalized spacial score (nSPS) is 23.0. The molecule has 2 N–H and O–H groups in total. The highest BCUT2D eigenvalue weighted by atomic mass is 16.5. The number of rotatable bonds is 6. The van der Waals surface area contributed by atoms with Crippen LogP contribution in [0.3, 0.4) is 0 Å². The number of ether oxygens (including phenoxy) is 1. The van der Waals surface area contributed by atoms with Crippen LogP contribution in [0, 0.1) is 12.8 Å². The molecule has 4 heteroatoms. The lowest BCUT2D eigenvalue weighted by Crippen LogP contribution is -2.41. The molecule has 116 valence electrons. The first kappa shape index (κ1) is 16.0. The molecule has 2 rings (SSSR count). The molecule has 21 heavy (non-hydrogen) atoms. The monoisotopic (exact) mass is 290 g/mol. The Morgan fingerprint density at radius 2 is 2.10 bits per heavy atom. The molecule has 0 saturated carbocycles. The van der Waals surface area contributed by atoms with Gasteiger partial charge >= 0.3 is 0 Å². The van der Waals surface area contributed by atoms with Gasteiger partial charge in [0.1, 0.15) is 0 Å². The fraction of sp³-hybridized carbons (Fsp3) is 0.588. The Balaban J connectivity index is 1.78. The molecular weight excluding hydrogens is 264 g/mol. The third-order valence-electron chi connectivity index (χ3n) is 4.15. The first-order chi connectivity index (χ1) is 10.1. The van der Waals surface area contributed by atoms with Gasteiger partial charge in [-0.3, -0.25) is 4.79 Å². The summed E-state index contributed by atoms with van der Waals surface area (Å²) in [7, 11) is 0. The molecule has 4 nitrogen and oxygen atoms in total. The van der Waals surface area contributed by atoms with Crippen LogP contribution in [0.2, 0.25) is 0 Å². The van der Waals surface area contributed by atoms with Gasteiger partial charge in [-0.25, -0.2) is 0 Å². The van der Waals surface area contributed by atoms with Crippen molar-refractivity contribution < 1.29 is 9.53 Å². The summed E-state index contributed by atoms with van der Waals surface area (Å²) in [5, 5.41) is 6.27. The maximum absolute atomic E-state index is 12.1. The van der Waals surface area contributed by atoms with Gasteiger partial charge < -0.3 is 15.4 Å². The maximum Gasteiger partial charge on any atom is 0.241 e. The van der Waals surface area contributed by atoms with E-state index in [1.54, 1.807) is 0 Å². The molecule has 1 aromatic carbocycles. The van der Waals surface area contributed by atoms with E-state index in [9.17, 15) is 4.79 Å². The molecule has 1 aromatic rings. The third kappa shape index (κ3) is 4.55. The molecule has 1 heterocycles. The number of amides is 1. The third-order valence-corrected chi connectivity index (χ3v) is 4.15. The summed E-state index contributed by atoms with van der Waals surface area (Å²) >= 11 is 0. The van der Waals surface area contributed by atoms with Crippen molar-refractivity contribution in [3.05, 3.63) is 29.8 Å². The highest BCUT2D eigenvalue weighted by Crippen LogP contribution is 2.22. The fourth-order valence-electron chi connectivity index (χ4n) is 2.69. The van der Waals surface area contributed by atoms with Crippen LogP contribution < -0.4 is 10.6 Å². The zero-order valence-electron chi connectivity index (χ0n) is 13.2. The van der Waals surface area contributed by atoms with E-state index in [1.807, 2.05) is 38.1 Å². The van der Waals surface area contributed by atoms with Crippen LogP contribution in [0.25, 0.3) is 0 Å². The van der Waals surface area contributed by atoms with Crippen LogP contribution in [0.1, 0.15) is 32.3 Å². The number of hydrogen-bond acceptors (Lipinski definition) is 3. The Morgan fingerprint density at radius 3 is 2.76 bits per heavy atom. The zero-order valence-corrected chi connectivity index (χ0v) is 13.2. The van der Waals surface area contributed by atoms with Gasteiger partial charge in [0.25, 0.3) is 0 Å². The van der Waals surface area contributed by atoms with E-state index in [0.29, 0.717) is 12.0 Å². The average molecular weight is 290 g/mol. The Morgan fingerprint density at radius 1 is 1.38 bits per heavy atom. The molecule has 0 aliphatic carbocycles. The number of carbonyl (C=O) groups is 1. The summed E-state index contributed by atoms with van der Waals surface area (Å²) in [4.78, 5) is 12.1. The number of anilines is 1. The lowest BCUT2D eigenvalue weighted by Gasteiger charge is -2.20. The summed E-state index contributed by atoms with van der Waals surface area (Å²) < 4.78 is 5.67. The van der Waals surface area contributed by atoms with Gasteiger partial charge in [-0.1, -0.05) is 24.6 Å². The lowest BCUT2D eigenvalue weighted by molar-refractivity contribution is -0.117. The molecule has 1 aliphatic heterocycles. The van der Waals surface area contributed by atoms with Crippen LogP contribution >= 0.6 is 0 Å². The van der Waals surface area contributed by atoms with E-state index in [-0.39, 0.29) is 11.9 Å². The van der Waals surface area contributed by atoms with Crippen LogP contribution in [-0.4, -0.2) is 31.2 Å². The van der Waals surface area contributed by atoms with Gasteiger partial charge in [0.15, 0.2) is 0 Å². The van der Waals surface area contributed by atoms with Crippen molar-refractivity contribution in [2.75, 3.05) is 18.5 Å². The molecule has 0 radical (unpaired) electrons. The molecule has 1 amide bonds. The predicted octanol–water partition coefficient (Wildman–Crippen LogP) is 2.73. The van der Waals surface area contributed by atoms with Gasteiger partial charge in [0.05, 0.1) is 12.1 Å². The van der Waals surface area contributed by atoms with Crippen molar-refractivity contribution in [2.45, 2.75) is 45.8 Å². The first-order valence-electron chi connectivity index (χ1n) is 7.82. The average Bonchev–Trinajstić information content (AvgIpc) is 2.94. The largest absolute Gasteiger partial charge is 0.378 e. The van der Waals surface area contributed by atoms with Crippen LogP contribution in [-0.2, 0) is 9.53 Å². The molecular formula is C17H26N2O2. The van der Waals surface area contributed by atoms with E-state index in [4.69, 9.17) is 4.74 Å². The summed E-state index contributed by atoms with van der Waals surface area (Å²) in [6, 6.07) is 7.64. The molecule has 0 bridgehead atoms. The quantitative estimate of drug-likeness (QED) is 0.847. The highest BCUT2D eigenvalue weighted by Gasteiger charge is 2.27. The predicted molar refractivity (Wildman–Crippen MR) is 85.4 cm³/mol. The Hall–Kier alpha value is -1.39. The standard InChI is InChI=1S/C17H26N2O2/c1-4-16-14(9-10-21-16)11-18-13(3)17(20)19-15-7-5-12(2)6-8-15/h5-8,13-14,16,18H,4,9-11H2,1-3H3,(H,19,20). The van der Waals surface area contributed by atoms with Crippen molar-refractivity contribution >= 4 is 11.6 Å². The van der Waals surface area contributed by atoms with E-state index in [0.717, 1.165) is 31.7 Å². The second kappa shape index (κ2) is 7.57. The van der Waals surface area contributed by atoms with Gasteiger partial charge in [-0.2, -0.15) is 0 Å². The molecule has 0 spiro atoms. The smallest absolute Gasteiger partial charge is 0.241 e. The van der Waals surface area contributed by atoms with Crippen LogP contribution in [0.15, 0.2) is 24.3 Å². The van der Waals surface area contributed by atoms with Crippen LogP contribution in [0.4, 0.5) is 5.69 Å². The van der Waals surface area contributed by atoms with Gasteiger partial charge in [0.2, 0.25) is 5.91 Å². The maximum atomic E-state index is 12.1. The van der Waals surface area contributed by atoms with Crippen molar-refractivity contribution in [3.8, 4) is 0 Å². The minimum absolute atomic E-state index is 0.00539. The number of carbonyl (C=O) groups excluding carboxylic acids is 1. The molecule has 0 aromatic heterocycles.